The number of rotatable bonds is 6. The minimum absolute atomic E-state index is 0.0387. The van der Waals surface area contributed by atoms with Gasteiger partial charge in [0.15, 0.2) is 11.5 Å². The zero-order chi connectivity index (χ0) is 15.4. The molecule has 0 bridgehead atoms. The van der Waals surface area contributed by atoms with E-state index in [4.69, 9.17) is 9.84 Å². The second-order valence-electron chi connectivity index (χ2n) is 3.80. The van der Waals surface area contributed by atoms with Gasteiger partial charge >= 0.3 is 15.6 Å². The lowest BCUT2D eigenvalue weighted by Crippen LogP contribution is -2.28. The molecule has 0 spiro atoms. The first-order chi connectivity index (χ1) is 9.21. The van der Waals surface area contributed by atoms with Crippen LogP contribution in [0.2, 0.25) is 0 Å². The van der Waals surface area contributed by atoms with Crippen molar-refractivity contribution in [2.45, 2.75) is 18.3 Å². The Bertz CT molecular complexity index is 554. The summed E-state index contributed by atoms with van der Waals surface area (Å²) in [6.07, 6.45) is 0.934. The quantitative estimate of drug-likeness (QED) is 0.641. The summed E-state index contributed by atoms with van der Waals surface area (Å²) < 4.78 is 67.3. The Hall–Kier alpha value is -1.48. The maximum Gasteiger partial charge on any atom is 0.534 e. The summed E-state index contributed by atoms with van der Waals surface area (Å²) in [6.45, 7) is -0.0387. The van der Waals surface area contributed by atoms with E-state index in [0.717, 1.165) is 6.07 Å². The van der Waals surface area contributed by atoms with Crippen molar-refractivity contribution < 1.29 is 35.6 Å². The lowest BCUT2D eigenvalue weighted by atomic mass is 10.1. The van der Waals surface area contributed by atoms with Crippen molar-refractivity contribution in [3.63, 3.8) is 0 Å². The smallest absolute Gasteiger partial charge is 0.493 e. The molecule has 1 aromatic rings. The van der Waals surface area contributed by atoms with Gasteiger partial charge in [-0.25, -0.2) is 0 Å². The van der Waals surface area contributed by atoms with Crippen LogP contribution in [0.4, 0.5) is 13.2 Å². The van der Waals surface area contributed by atoms with Gasteiger partial charge in [-0.05, 0) is 30.5 Å². The zero-order valence-corrected chi connectivity index (χ0v) is 11.3. The first-order valence-electron chi connectivity index (χ1n) is 5.50. The van der Waals surface area contributed by atoms with Crippen molar-refractivity contribution in [1.82, 2.24) is 0 Å². The molecule has 114 valence electrons. The molecule has 0 saturated heterocycles. The molecule has 0 aliphatic rings. The third-order valence-corrected chi connectivity index (χ3v) is 3.30. The molecule has 0 aliphatic heterocycles. The maximum atomic E-state index is 12.2. The molecule has 0 aliphatic carbocycles. The van der Waals surface area contributed by atoms with E-state index in [0.29, 0.717) is 18.4 Å². The number of aliphatic hydroxyl groups excluding tert-OH is 1. The van der Waals surface area contributed by atoms with Crippen molar-refractivity contribution in [3.05, 3.63) is 23.8 Å². The van der Waals surface area contributed by atoms with Crippen LogP contribution in [0.25, 0.3) is 0 Å². The van der Waals surface area contributed by atoms with Crippen molar-refractivity contribution in [2.24, 2.45) is 0 Å². The molecule has 20 heavy (non-hydrogen) atoms. The molecular weight excluding hydrogens is 301 g/mol. The molecule has 1 aromatic carbocycles. The van der Waals surface area contributed by atoms with Gasteiger partial charge in [0.25, 0.3) is 0 Å². The highest BCUT2D eigenvalue weighted by molar-refractivity contribution is 7.88. The highest BCUT2D eigenvalue weighted by atomic mass is 32.2. The highest BCUT2D eigenvalue weighted by Gasteiger charge is 2.48. The number of hydrogen-bond acceptors (Lipinski definition) is 5. The molecule has 5 nitrogen and oxygen atoms in total. The van der Waals surface area contributed by atoms with E-state index in [1.807, 2.05) is 0 Å². The first kappa shape index (κ1) is 16.6. The largest absolute Gasteiger partial charge is 0.534 e. The summed E-state index contributed by atoms with van der Waals surface area (Å²) in [5, 5.41) is 8.69. The number of aliphatic hydroxyl groups is 1. The first-order valence-corrected chi connectivity index (χ1v) is 6.90. The Morgan fingerprint density at radius 2 is 1.90 bits per heavy atom. The SMILES string of the molecule is COc1cc(CCCO)ccc1OS(=O)(=O)C(F)(F)F. The van der Waals surface area contributed by atoms with Crippen LogP contribution in [0.5, 0.6) is 11.5 Å². The van der Waals surface area contributed by atoms with Crippen LogP contribution in [0, 0.1) is 0 Å². The van der Waals surface area contributed by atoms with Crippen molar-refractivity contribution in [1.29, 1.82) is 0 Å². The number of hydrogen-bond donors (Lipinski definition) is 1. The normalized spacial score (nSPS) is 12.2. The van der Waals surface area contributed by atoms with E-state index in [1.165, 1.54) is 19.2 Å². The number of halogens is 3. The number of aryl methyl sites for hydroxylation is 1. The topological polar surface area (TPSA) is 72.8 Å². The molecule has 0 fully saturated rings. The molecule has 9 heteroatoms. The van der Waals surface area contributed by atoms with Gasteiger partial charge in [0.2, 0.25) is 0 Å². The number of benzene rings is 1. The Balaban J connectivity index is 3.02. The summed E-state index contributed by atoms with van der Waals surface area (Å²) >= 11 is 0. The van der Waals surface area contributed by atoms with Gasteiger partial charge < -0.3 is 14.0 Å². The van der Waals surface area contributed by atoms with Gasteiger partial charge in [-0.15, -0.1) is 0 Å². The molecule has 0 aromatic heterocycles. The van der Waals surface area contributed by atoms with Crippen LogP contribution in [-0.4, -0.2) is 32.7 Å². The van der Waals surface area contributed by atoms with Gasteiger partial charge in [0.05, 0.1) is 7.11 Å². The molecule has 0 unspecified atom stereocenters. The van der Waals surface area contributed by atoms with E-state index in [9.17, 15) is 21.6 Å². The fourth-order valence-electron chi connectivity index (χ4n) is 1.38. The predicted octanol–water partition coefficient (Wildman–Crippen LogP) is 1.85. The molecule has 1 rings (SSSR count). The summed E-state index contributed by atoms with van der Waals surface area (Å²) in [5.41, 5.74) is -4.83. The van der Waals surface area contributed by atoms with E-state index in [2.05, 4.69) is 4.18 Å². The van der Waals surface area contributed by atoms with Crippen LogP contribution < -0.4 is 8.92 Å². The summed E-state index contributed by atoms with van der Waals surface area (Å²) in [5.74, 6) is -0.675. The van der Waals surface area contributed by atoms with Crippen molar-refractivity contribution >= 4 is 10.1 Å². The minimum atomic E-state index is -5.73. The summed E-state index contributed by atoms with van der Waals surface area (Å²) in [6, 6.07) is 3.84. The predicted molar refractivity (Wildman–Crippen MR) is 64.0 cm³/mol. The fraction of sp³-hybridized carbons (Fsp3) is 0.455. The van der Waals surface area contributed by atoms with E-state index in [1.54, 1.807) is 0 Å². The standard InChI is InChI=1S/C11H13F3O5S/c1-18-10-7-8(3-2-6-15)4-5-9(10)19-20(16,17)11(12,13)14/h4-5,7,15H,2-3,6H2,1H3. The fourth-order valence-corrected chi connectivity index (χ4v) is 1.85. The van der Waals surface area contributed by atoms with E-state index in [-0.39, 0.29) is 12.4 Å². The van der Waals surface area contributed by atoms with Crippen LogP contribution in [-0.2, 0) is 16.5 Å². The van der Waals surface area contributed by atoms with Crippen LogP contribution in [0.15, 0.2) is 18.2 Å². The third kappa shape index (κ3) is 4.01. The Morgan fingerprint density at radius 1 is 1.25 bits per heavy atom. The van der Waals surface area contributed by atoms with Gasteiger partial charge in [0.1, 0.15) is 0 Å². The zero-order valence-electron chi connectivity index (χ0n) is 10.5. The van der Waals surface area contributed by atoms with E-state index < -0.39 is 21.4 Å². The van der Waals surface area contributed by atoms with Crippen LogP contribution >= 0.6 is 0 Å². The molecule has 0 heterocycles. The van der Waals surface area contributed by atoms with Gasteiger partial charge in [0, 0.05) is 6.61 Å². The van der Waals surface area contributed by atoms with Crippen molar-refractivity contribution in [2.75, 3.05) is 13.7 Å². The number of ether oxygens (including phenoxy) is 1. The van der Waals surface area contributed by atoms with Crippen LogP contribution in [0.1, 0.15) is 12.0 Å². The molecule has 0 amide bonds. The monoisotopic (exact) mass is 314 g/mol. The van der Waals surface area contributed by atoms with E-state index >= 15 is 0 Å². The molecule has 0 saturated carbocycles. The number of alkyl halides is 3. The van der Waals surface area contributed by atoms with Crippen LogP contribution in [0.3, 0.4) is 0 Å². The van der Waals surface area contributed by atoms with Gasteiger partial charge in [-0.3, -0.25) is 0 Å². The summed E-state index contributed by atoms with van der Waals surface area (Å²) in [7, 11) is -4.55. The Kier molecular flexibility index (Phi) is 5.23. The van der Waals surface area contributed by atoms with Gasteiger partial charge in [-0.2, -0.15) is 21.6 Å². The Labute approximate surface area is 114 Å². The second kappa shape index (κ2) is 6.31. The average Bonchev–Trinajstić information content (AvgIpc) is 2.35. The second-order valence-corrected chi connectivity index (χ2v) is 5.33. The lowest BCUT2D eigenvalue weighted by molar-refractivity contribution is -0.0500. The van der Waals surface area contributed by atoms with Gasteiger partial charge in [-0.1, -0.05) is 6.07 Å². The molecule has 0 radical (unpaired) electrons. The minimum Gasteiger partial charge on any atom is -0.493 e. The lowest BCUT2D eigenvalue weighted by Gasteiger charge is -2.13. The van der Waals surface area contributed by atoms with Crippen molar-refractivity contribution in [3.8, 4) is 11.5 Å². The maximum absolute atomic E-state index is 12.2. The molecular formula is C11H13F3O5S. The number of methoxy groups -OCH3 is 1. The highest BCUT2D eigenvalue weighted by Crippen LogP contribution is 2.33. The molecule has 0 atom stereocenters. The molecule has 1 N–H and O–H groups in total. The third-order valence-electron chi connectivity index (χ3n) is 2.33. The Morgan fingerprint density at radius 3 is 2.40 bits per heavy atom. The average molecular weight is 314 g/mol. The summed E-state index contributed by atoms with van der Waals surface area (Å²) in [4.78, 5) is 0.